The van der Waals surface area contributed by atoms with Crippen LogP contribution in [0.25, 0.3) is 11.3 Å². The number of aromatic nitrogens is 1. The number of hydrogen-bond donors (Lipinski definition) is 0. The van der Waals surface area contributed by atoms with E-state index >= 15 is 0 Å². The van der Waals surface area contributed by atoms with Gasteiger partial charge in [-0.15, -0.1) is 0 Å². The summed E-state index contributed by atoms with van der Waals surface area (Å²) in [7, 11) is 0. The molecule has 0 aliphatic rings. The predicted molar refractivity (Wildman–Crippen MR) is 51.3 cm³/mol. The highest BCUT2D eigenvalue weighted by Gasteiger charge is 1.99. The molecule has 0 radical (unpaired) electrons. The fraction of sp³-hybridized carbons (Fsp3) is 0.182. The highest BCUT2D eigenvalue weighted by molar-refractivity contribution is 5.55. The van der Waals surface area contributed by atoms with Crippen LogP contribution < -0.4 is 0 Å². The molecule has 0 fully saturated rings. The van der Waals surface area contributed by atoms with Crippen molar-refractivity contribution in [3.05, 3.63) is 42.4 Å². The fourth-order valence-corrected chi connectivity index (χ4v) is 1.22. The van der Waals surface area contributed by atoms with E-state index in [2.05, 4.69) is 11.9 Å². The van der Waals surface area contributed by atoms with E-state index in [9.17, 15) is 0 Å². The van der Waals surface area contributed by atoms with Crippen molar-refractivity contribution in [2.24, 2.45) is 0 Å². The van der Waals surface area contributed by atoms with Gasteiger partial charge < -0.3 is 4.42 Å². The Morgan fingerprint density at radius 1 is 1.31 bits per heavy atom. The van der Waals surface area contributed by atoms with Crippen molar-refractivity contribution >= 4 is 0 Å². The van der Waals surface area contributed by atoms with E-state index in [4.69, 9.17) is 4.42 Å². The van der Waals surface area contributed by atoms with Gasteiger partial charge >= 0.3 is 0 Å². The highest BCUT2D eigenvalue weighted by atomic mass is 16.3. The topological polar surface area (TPSA) is 26.0 Å². The quantitative estimate of drug-likeness (QED) is 0.697. The molecular formula is C11H11NO. The third-order valence-electron chi connectivity index (χ3n) is 1.99. The zero-order valence-electron chi connectivity index (χ0n) is 7.53. The minimum Gasteiger partial charge on any atom is -0.464 e. The van der Waals surface area contributed by atoms with Gasteiger partial charge in [0.1, 0.15) is 5.76 Å². The molecular weight excluding hydrogens is 162 g/mol. The molecule has 0 amide bonds. The van der Waals surface area contributed by atoms with Gasteiger partial charge in [0.2, 0.25) is 0 Å². The molecule has 0 spiro atoms. The number of furan rings is 1. The zero-order valence-corrected chi connectivity index (χ0v) is 7.53. The first kappa shape index (κ1) is 8.05. The van der Waals surface area contributed by atoms with E-state index in [1.807, 2.05) is 30.5 Å². The van der Waals surface area contributed by atoms with E-state index in [1.165, 1.54) is 0 Å². The minimum atomic E-state index is 0.871. The molecule has 0 aliphatic heterocycles. The molecule has 0 unspecified atom stereocenters. The number of pyridine rings is 1. The van der Waals surface area contributed by atoms with Crippen molar-refractivity contribution in [1.82, 2.24) is 4.98 Å². The molecule has 2 aromatic rings. The van der Waals surface area contributed by atoms with Crippen LogP contribution in [0.2, 0.25) is 0 Å². The normalized spacial score (nSPS) is 10.2. The first-order valence-corrected chi connectivity index (χ1v) is 4.39. The summed E-state index contributed by atoms with van der Waals surface area (Å²) in [6.07, 6.45) is 4.49. The summed E-state index contributed by atoms with van der Waals surface area (Å²) >= 11 is 0. The molecule has 0 aromatic carbocycles. The molecule has 2 nitrogen and oxygen atoms in total. The van der Waals surface area contributed by atoms with Crippen LogP contribution >= 0.6 is 0 Å². The van der Waals surface area contributed by atoms with Gasteiger partial charge in [-0.1, -0.05) is 6.92 Å². The third kappa shape index (κ3) is 1.61. The van der Waals surface area contributed by atoms with Crippen LogP contribution in [0.1, 0.15) is 12.6 Å². The standard InChI is InChI=1S/C11H11NO/c1-2-10-6-5-9(8-12-10)11-4-3-7-13-11/h3-8H,2H2,1H3. The Morgan fingerprint density at radius 2 is 2.23 bits per heavy atom. The number of rotatable bonds is 2. The van der Waals surface area contributed by atoms with Crippen LogP contribution in [0, 0.1) is 0 Å². The molecule has 0 atom stereocenters. The van der Waals surface area contributed by atoms with Crippen molar-refractivity contribution < 1.29 is 4.42 Å². The summed E-state index contributed by atoms with van der Waals surface area (Å²) in [6, 6.07) is 7.87. The molecule has 2 heteroatoms. The lowest BCUT2D eigenvalue weighted by atomic mass is 10.2. The van der Waals surface area contributed by atoms with Crippen molar-refractivity contribution in [2.45, 2.75) is 13.3 Å². The van der Waals surface area contributed by atoms with Crippen LogP contribution in [-0.2, 0) is 6.42 Å². The van der Waals surface area contributed by atoms with Crippen LogP contribution in [0.4, 0.5) is 0 Å². The summed E-state index contributed by atoms with van der Waals surface area (Å²) in [5.41, 5.74) is 2.14. The third-order valence-corrected chi connectivity index (χ3v) is 1.99. The van der Waals surface area contributed by atoms with Gasteiger partial charge in [-0.3, -0.25) is 4.98 Å². The van der Waals surface area contributed by atoms with Gasteiger partial charge in [0.05, 0.1) is 6.26 Å². The minimum absolute atomic E-state index is 0.871. The van der Waals surface area contributed by atoms with Crippen molar-refractivity contribution in [3.8, 4) is 11.3 Å². The SMILES string of the molecule is CCc1ccc(-c2ccco2)cn1. The summed E-state index contributed by atoms with van der Waals surface area (Å²) in [4.78, 5) is 4.29. The largest absolute Gasteiger partial charge is 0.464 e. The van der Waals surface area contributed by atoms with Crippen LogP contribution in [0.5, 0.6) is 0 Å². The lowest BCUT2D eigenvalue weighted by Gasteiger charge is -1.97. The Balaban J connectivity index is 2.33. The molecule has 0 N–H and O–H groups in total. The summed E-state index contributed by atoms with van der Waals surface area (Å²) in [5, 5.41) is 0. The Morgan fingerprint density at radius 3 is 2.77 bits per heavy atom. The maximum absolute atomic E-state index is 5.25. The lowest BCUT2D eigenvalue weighted by molar-refractivity contribution is 0.582. The van der Waals surface area contributed by atoms with Gasteiger partial charge in [-0.05, 0) is 30.7 Å². The van der Waals surface area contributed by atoms with Gasteiger partial charge in [-0.25, -0.2) is 0 Å². The molecule has 0 aliphatic carbocycles. The second kappa shape index (κ2) is 3.44. The molecule has 2 rings (SSSR count). The van der Waals surface area contributed by atoms with Gasteiger partial charge in [-0.2, -0.15) is 0 Å². The maximum Gasteiger partial charge on any atom is 0.135 e. The number of aryl methyl sites for hydroxylation is 1. The highest BCUT2D eigenvalue weighted by Crippen LogP contribution is 2.18. The maximum atomic E-state index is 5.25. The number of nitrogens with zero attached hydrogens (tertiary/aromatic N) is 1. The van der Waals surface area contributed by atoms with Crippen LogP contribution in [-0.4, -0.2) is 4.98 Å². The molecule has 2 aromatic heterocycles. The average molecular weight is 173 g/mol. The average Bonchev–Trinajstić information content (AvgIpc) is 2.71. The molecule has 13 heavy (non-hydrogen) atoms. The molecule has 66 valence electrons. The van der Waals surface area contributed by atoms with Crippen molar-refractivity contribution in [3.63, 3.8) is 0 Å². The molecule has 0 saturated carbocycles. The monoisotopic (exact) mass is 173 g/mol. The van der Waals surface area contributed by atoms with Gasteiger partial charge in [0.25, 0.3) is 0 Å². The smallest absolute Gasteiger partial charge is 0.135 e. The summed E-state index contributed by atoms with van der Waals surface area (Å²) < 4.78 is 5.25. The Labute approximate surface area is 77.2 Å². The summed E-state index contributed by atoms with van der Waals surface area (Å²) in [5.74, 6) is 0.871. The van der Waals surface area contributed by atoms with Gasteiger partial charge in [0, 0.05) is 17.5 Å². The summed E-state index contributed by atoms with van der Waals surface area (Å²) in [6.45, 7) is 2.09. The van der Waals surface area contributed by atoms with Crippen molar-refractivity contribution in [2.75, 3.05) is 0 Å². The Bertz CT molecular complexity index is 361. The van der Waals surface area contributed by atoms with E-state index in [-0.39, 0.29) is 0 Å². The zero-order chi connectivity index (χ0) is 9.10. The molecule has 0 saturated heterocycles. The van der Waals surface area contributed by atoms with Crippen LogP contribution in [0.15, 0.2) is 41.1 Å². The van der Waals surface area contributed by atoms with Crippen molar-refractivity contribution in [1.29, 1.82) is 0 Å². The predicted octanol–water partition coefficient (Wildman–Crippen LogP) is 2.90. The first-order chi connectivity index (χ1) is 6.40. The molecule has 2 heterocycles. The van der Waals surface area contributed by atoms with E-state index in [0.29, 0.717) is 0 Å². The van der Waals surface area contributed by atoms with E-state index in [1.54, 1.807) is 6.26 Å². The second-order valence-corrected chi connectivity index (χ2v) is 2.87. The van der Waals surface area contributed by atoms with E-state index < -0.39 is 0 Å². The number of hydrogen-bond acceptors (Lipinski definition) is 2. The Kier molecular flexibility index (Phi) is 2.13. The Hall–Kier alpha value is -1.57. The van der Waals surface area contributed by atoms with E-state index in [0.717, 1.165) is 23.4 Å². The first-order valence-electron chi connectivity index (χ1n) is 4.39. The molecule has 0 bridgehead atoms. The van der Waals surface area contributed by atoms with Crippen LogP contribution in [0.3, 0.4) is 0 Å². The fourth-order valence-electron chi connectivity index (χ4n) is 1.22. The lowest BCUT2D eigenvalue weighted by Crippen LogP contribution is -1.85. The van der Waals surface area contributed by atoms with Gasteiger partial charge in [0.15, 0.2) is 0 Å². The second-order valence-electron chi connectivity index (χ2n) is 2.87.